The van der Waals surface area contributed by atoms with Crippen LogP contribution in [0.4, 0.5) is 0 Å². The van der Waals surface area contributed by atoms with Crippen molar-refractivity contribution in [3.63, 3.8) is 0 Å². The van der Waals surface area contributed by atoms with Gasteiger partial charge in [-0.2, -0.15) is 0 Å². The van der Waals surface area contributed by atoms with Crippen LogP contribution in [-0.2, 0) is 4.79 Å². The molecule has 0 amide bonds. The average Bonchev–Trinajstić information content (AvgIpc) is 1.38. The van der Waals surface area contributed by atoms with Crippen LogP contribution in [0, 0.1) is 0 Å². The quantitative estimate of drug-likeness (QED) is 0.364. The van der Waals surface area contributed by atoms with Gasteiger partial charge in [0.2, 0.25) is 0 Å². The van der Waals surface area contributed by atoms with Gasteiger partial charge in [0.05, 0.1) is 0 Å². The van der Waals surface area contributed by atoms with Gasteiger partial charge < -0.3 is 0 Å². The van der Waals surface area contributed by atoms with Gasteiger partial charge in [-0.1, -0.05) is 0 Å². The molecule has 2 heteroatoms. The molecule has 0 aromatic heterocycles. The minimum absolute atomic E-state index is 0.141. The molecule has 0 spiro atoms. The summed E-state index contributed by atoms with van der Waals surface area (Å²) in [5.74, 6) is 0. The molecular weight excluding hydrogens is 131 g/mol. The molecule has 0 aliphatic rings. The SMILES string of the molecule is CC([SeH])C=O. The zero-order chi connectivity index (χ0) is 4.28. The van der Waals surface area contributed by atoms with Gasteiger partial charge in [0, 0.05) is 0 Å². The molecule has 0 radical (unpaired) electrons. The van der Waals surface area contributed by atoms with Crippen LogP contribution < -0.4 is 0 Å². The molecule has 30 valence electrons. The van der Waals surface area contributed by atoms with Crippen molar-refractivity contribution < 1.29 is 4.79 Å². The van der Waals surface area contributed by atoms with Crippen molar-refractivity contribution in [2.45, 2.75) is 11.7 Å². The van der Waals surface area contributed by atoms with Gasteiger partial charge in [0.15, 0.2) is 0 Å². The number of aldehydes is 1. The van der Waals surface area contributed by atoms with Gasteiger partial charge in [-0.15, -0.1) is 0 Å². The van der Waals surface area contributed by atoms with E-state index < -0.39 is 0 Å². The molecule has 1 atom stereocenters. The Morgan fingerprint density at radius 3 is 2.20 bits per heavy atom. The van der Waals surface area contributed by atoms with Crippen LogP contribution in [0.25, 0.3) is 0 Å². The summed E-state index contributed by atoms with van der Waals surface area (Å²) in [6.07, 6.45) is 0.889. The Morgan fingerprint density at radius 2 is 2.20 bits per heavy atom. The summed E-state index contributed by atoms with van der Waals surface area (Å²) >= 11 is 2.24. The van der Waals surface area contributed by atoms with E-state index in [1.165, 1.54) is 0 Å². The summed E-state index contributed by atoms with van der Waals surface area (Å²) < 4.78 is 0. The first-order chi connectivity index (χ1) is 2.27. The van der Waals surface area contributed by atoms with Crippen molar-refractivity contribution in [3.05, 3.63) is 0 Å². The first-order valence-corrected chi connectivity index (χ1v) is 2.49. The predicted octanol–water partition coefficient (Wildman–Crippen LogP) is -0.106. The fraction of sp³-hybridized carbons (Fsp3) is 0.667. The van der Waals surface area contributed by atoms with E-state index in [4.69, 9.17) is 0 Å². The van der Waals surface area contributed by atoms with Crippen LogP contribution in [0.15, 0.2) is 0 Å². The number of rotatable bonds is 1. The van der Waals surface area contributed by atoms with E-state index in [1.807, 2.05) is 6.92 Å². The third kappa shape index (κ3) is 4.19. The second-order valence-corrected chi connectivity index (χ2v) is 2.59. The fourth-order valence-electron chi connectivity index (χ4n) is 0. The first kappa shape index (κ1) is 5.19. The first-order valence-electron chi connectivity index (χ1n) is 1.40. The van der Waals surface area contributed by atoms with Gasteiger partial charge in [-0.25, -0.2) is 0 Å². The van der Waals surface area contributed by atoms with Gasteiger partial charge in [-0.3, -0.25) is 0 Å². The van der Waals surface area contributed by atoms with E-state index in [0.29, 0.717) is 0 Å². The van der Waals surface area contributed by atoms with Crippen molar-refractivity contribution in [1.29, 1.82) is 0 Å². The molecule has 0 saturated carbocycles. The zero-order valence-electron chi connectivity index (χ0n) is 3.01. The van der Waals surface area contributed by atoms with E-state index >= 15 is 0 Å². The average molecular weight is 137 g/mol. The topological polar surface area (TPSA) is 17.1 Å². The molecule has 0 fully saturated rings. The van der Waals surface area contributed by atoms with Crippen LogP contribution in [0.3, 0.4) is 0 Å². The Balaban J connectivity index is 2.83. The molecule has 0 aromatic rings. The third-order valence-corrected chi connectivity index (χ3v) is 0.452. The van der Waals surface area contributed by atoms with Crippen molar-refractivity contribution in [1.82, 2.24) is 0 Å². The molecule has 1 unspecified atom stereocenters. The molecule has 1 nitrogen and oxygen atoms in total. The van der Waals surface area contributed by atoms with E-state index in [1.54, 1.807) is 0 Å². The van der Waals surface area contributed by atoms with E-state index in [2.05, 4.69) is 16.0 Å². The Hall–Kier alpha value is 0.189. The van der Waals surface area contributed by atoms with Crippen molar-refractivity contribution >= 4 is 22.3 Å². The molecule has 0 aromatic carbocycles. The van der Waals surface area contributed by atoms with Crippen molar-refractivity contribution in [2.75, 3.05) is 0 Å². The summed E-state index contributed by atoms with van der Waals surface area (Å²) in [5, 5.41) is 0. The van der Waals surface area contributed by atoms with E-state index in [0.717, 1.165) is 6.29 Å². The number of hydrogen-bond donors (Lipinski definition) is 0. The number of hydrogen-bond acceptors (Lipinski definition) is 1. The second kappa shape index (κ2) is 2.43. The van der Waals surface area contributed by atoms with Crippen molar-refractivity contribution in [3.8, 4) is 0 Å². The third-order valence-electron chi connectivity index (χ3n) is 0.197. The molecule has 0 aliphatic carbocycles. The van der Waals surface area contributed by atoms with Gasteiger partial charge in [0.1, 0.15) is 0 Å². The number of carbonyl (C=O) groups excluding carboxylic acids is 1. The predicted molar refractivity (Wildman–Crippen MR) is 22.6 cm³/mol. The summed E-state index contributed by atoms with van der Waals surface area (Å²) in [5.41, 5.74) is 0. The molecule has 0 aliphatic heterocycles. The van der Waals surface area contributed by atoms with Crippen molar-refractivity contribution in [2.24, 2.45) is 0 Å². The summed E-state index contributed by atoms with van der Waals surface area (Å²) in [6.45, 7) is 1.83. The normalized spacial score (nSPS) is 14.0. The molecular formula is C3H6OSe. The summed E-state index contributed by atoms with van der Waals surface area (Å²) in [7, 11) is 0. The Morgan fingerprint density at radius 1 is 2.00 bits per heavy atom. The van der Waals surface area contributed by atoms with Crippen LogP contribution >= 0.6 is 0 Å². The zero-order valence-corrected chi connectivity index (χ0v) is 4.89. The molecule has 0 saturated heterocycles. The summed E-state index contributed by atoms with van der Waals surface area (Å²) in [4.78, 5) is 9.63. The second-order valence-electron chi connectivity index (χ2n) is 0.877. The van der Waals surface area contributed by atoms with Crippen LogP contribution in [-0.4, -0.2) is 22.3 Å². The minimum atomic E-state index is 0.141. The molecule has 0 heterocycles. The molecule has 0 bridgehead atoms. The van der Waals surface area contributed by atoms with Gasteiger partial charge in [0.25, 0.3) is 0 Å². The Labute approximate surface area is 39.6 Å². The molecule has 0 rings (SSSR count). The van der Waals surface area contributed by atoms with E-state index in [9.17, 15) is 4.79 Å². The Kier molecular flexibility index (Phi) is 2.52. The Bertz CT molecular complexity index is 33.9. The van der Waals surface area contributed by atoms with Gasteiger partial charge >= 0.3 is 38.8 Å². The maximum absolute atomic E-state index is 9.49. The van der Waals surface area contributed by atoms with Crippen LogP contribution in [0.5, 0.6) is 0 Å². The fourth-order valence-corrected chi connectivity index (χ4v) is 0. The number of carbonyl (C=O) groups is 1. The van der Waals surface area contributed by atoms with Crippen LogP contribution in [0.1, 0.15) is 6.92 Å². The maximum atomic E-state index is 9.49. The summed E-state index contributed by atoms with van der Waals surface area (Å²) in [6, 6.07) is 0. The standard InChI is InChI=1S/C3H6OSe/c1-3(5)2-4/h2-3,5H,1H3. The monoisotopic (exact) mass is 138 g/mol. The van der Waals surface area contributed by atoms with Gasteiger partial charge in [-0.05, 0) is 0 Å². The molecule has 0 N–H and O–H groups in total. The molecule has 5 heavy (non-hydrogen) atoms. The van der Waals surface area contributed by atoms with Crippen LogP contribution in [0.2, 0.25) is 4.82 Å². The van der Waals surface area contributed by atoms with E-state index in [-0.39, 0.29) is 4.82 Å².